The zero-order chi connectivity index (χ0) is 19.0. The summed E-state index contributed by atoms with van der Waals surface area (Å²) in [5, 5.41) is 3.97. The monoisotopic (exact) mass is 347 g/mol. The molecule has 0 radical (unpaired) electrons. The van der Waals surface area contributed by atoms with E-state index in [2.05, 4.69) is 10.1 Å². The Bertz CT molecular complexity index is 657. The zero-order valence-corrected chi connectivity index (χ0v) is 16.3. The molecule has 0 unspecified atom stereocenters. The van der Waals surface area contributed by atoms with Gasteiger partial charge in [-0.3, -0.25) is 4.90 Å². The molecular weight excluding hydrogens is 318 g/mol. The predicted molar refractivity (Wildman–Crippen MR) is 98.1 cm³/mol. The van der Waals surface area contributed by atoms with Crippen LogP contribution in [0, 0.1) is 6.92 Å². The lowest BCUT2D eigenvalue weighted by Gasteiger charge is -2.25. The summed E-state index contributed by atoms with van der Waals surface area (Å²) in [5.74, 6) is 0.897. The molecule has 2 aromatic rings. The fraction of sp³-hybridized carbons (Fsp3) is 0.526. The van der Waals surface area contributed by atoms with Crippen molar-refractivity contribution in [2.24, 2.45) is 0 Å². The van der Waals surface area contributed by atoms with Crippen molar-refractivity contribution in [2.75, 3.05) is 6.54 Å². The summed E-state index contributed by atoms with van der Waals surface area (Å²) < 4.78 is 10.6. The smallest absolute Gasteiger partial charge is 0.410 e. The van der Waals surface area contributed by atoms with Crippen molar-refractivity contribution >= 4 is 6.09 Å². The second-order valence-corrected chi connectivity index (χ2v) is 6.37. The minimum absolute atomic E-state index is 0.226. The van der Waals surface area contributed by atoms with Crippen LogP contribution in [0.3, 0.4) is 0 Å². The van der Waals surface area contributed by atoms with Crippen LogP contribution >= 0.6 is 0 Å². The van der Waals surface area contributed by atoms with Gasteiger partial charge in [0.25, 0.3) is 0 Å². The fourth-order valence-electron chi connectivity index (χ4n) is 1.93. The number of hydrogen-bond acceptors (Lipinski definition) is 5. The van der Waals surface area contributed by atoms with Gasteiger partial charge in [0, 0.05) is 12.1 Å². The van der Waals surface area contributed by atoms with Gasteiger partial charge in [0.05, 0.1) is 0 Å². The van der Waals surface area contributed by atoms with Crippen LogP contribution in [0.4, 0.5) is 4.79 Å². The van der Waals surface area contributed by atoms with E-state index < -0.39 is 11.7 Å². The van der Waals surface area contributed by atoms with Gasteiger partial charge in [-0.2, -0.15) is 4.98 Å². The van der Waals surface area contributed by atoms with Crippen LogP contribution < -0.4 is 0 Å². The third-order valence-electron chi connectivity index (χ3n) is 3.14. The standard InChI is InChI=1S/C17H23N3O3.C2H6/c1-6-20(16(21)22-17(3,4)5)11-14-18-15(19-23-14)13-9-7-12(2)8-10-13;1-2/h7-10H,6,11H2,1-5H3;1-2H3. The molecule has 0 bridgehead atoms. The van der Waals surface area contributed by atoms with E-state index in [1.54, 1.807) is 0 Å². The van der Waals surface area contributed by atoms with Crippen molar-refractivity contribution in [2.45, 2.75) is 60.6 Å². The van der Waals surface area contributed by atoms with Gasteiger partial charge < -0.3 is 9.26 Å². The first-order valence-corrected chi connectivity index (χ1v) is 8.66. The van der Waals surface area contributed by atoms with Gasteiger partial charge in [0.15, 0.2) is 0 Å². The molecular formula is C19H29N3O3. The van der Waals surface area contributed by atoms with E-state index in [9.17, 15) is 4.79 Å². The Morgan fingerprint density at radius 3 is 2.32 bits per heavy atom. The highest BCUT2D eigenvalue weighted by molar-refractivity contribution is 5.68. The van der Waals surface area contributed by atoms with Gasteiger partial charge in [0.2, 0.25) is 11.7 Å². The zero-order valence-electron chi connectivity index (χ0n) is 16.3. The SMILES string of the molecule is CC.CCN(Cc1nc(-c2ccc(C)cc2)no1)C(=O)OC(C)(C)C. The lowest BCUT2D eigenvalue weighted by atomic mass is 10.1. The van der Waals surface area contributed by atoms with E-state index in [1.807, 2.05) is 72.7 Å². The third kappa shape index (κ3) is 6.57. The molecule has 0 aliphatic rings. The van der Waals surface area contributed by atoms with Crippen molar-refractivity contribution in [1.29, 1.82) is 0 Å². The number of ether oxygens (including phenoxy) is 1. The number of nitrogens with zero attached hydrogens (tertiary/aromatic N) is 3. The van der Waals surface area contributed by atoms with Gasteiger partial charge in [-0.1, -0.05) is 48.8 Å². The van der Waals surface area contributed by atoms with Crippen LogP contribution in [0.1, 0.15) is 53.0 Å². The van der Waals surface area contributed by atoms with Crippen LogP contribution in [-0.2, 0) is 11.3 Å². The minimum Gasteiger partial charge on any atom is -0.444 e. The number of aryl methyl sites for hydroxylation is 1. The molecule has 0 aliphatic heterocycles. The summed E-state index contributed by atoms with van der Waals surface area (Å²) in [6.07, 6.45) is -0.393. The molecule has 0 atom stereocenters. The lowest BCUT2D eigenvalue weighted by molar-refractivity contribution is 0.0226. The highest BCUT2D eigenvalue weighted by Crippen LogP contribution is 2.17. The number of amides is 1. The number of benzene rings is 1. The van der Waals surface area contributed by atoms with Crippen LogP contribution in [0.2, 0.25) is 0 Å². The van der Waals surface area contributed by atoms with Crippen LogP contribution in [-0.4, -0.2) is 33.3 Å². The summed E-state index contributed by atoms with van der Waals surface area (Å²) >= 11 is 0. The van der Waals surface area contributed by atoms with Crippen molar-refractivity contribution in [3.8, 4) is 11.4 Å². The van der Waals surface area contributed by atoms with Crippen molar-refractivity contribution in [3.63, 3.8) is 0 Å². The van der Waals surface area contributed by atoms with E-state index in [0.29, 0.717) is 18.3 Å². The average molecular weight is 347 g/mol. The Balaban J connectivity index is 0.00000151. The van der Waals surface area contributed by atoms with Crippen LogP contribution in [0.5, 0.6) is 0 Å². The van der Waals surface area contributed by atoms with Crippen LogP contribution in [0.25, 0.3) is 11.4 Å². The molecule has 1 aromatic heterocycles. The first kappa shape index (κ1) is 20.7. The molecule has 0 N–H and O–H groups in total. The van der Waals surface area contributed by atoms with Crippen molar-refractivity contribution < 1.29 is 14.1 Å². The maximum absolute atomic E-state index is 12.1. The van der Waals surface area contributed by atoms with Gasteiger partial charge in [-0.05, 0) is 34.6 Å². The molecule has 6 nitrogen and oxygen atoms in total. The van der Waals surface area contributed by atoms with E-state index in [1.165, 1.54) is 10.5 Å². The summed E-state index contributed by atoms with van der Waals surface area (Å²) in [4.78, 5) is 18.0. The summed E-state index contributed by atoms with van der Waals surface area (Å²) in [6.45, 7) is 14.1. The second-order valence-electron chi connectivity index (χ2n) is 6.37. The lowest BCUT2D eigenvalue weighted by Crippen LogP contribution is -2.36. The number of rotatable bonds is 4. The summed E-state index contributed by atoms with van der Waals surface area (Å²) in [7, 11) is 0. The molecule has 6 heteroatoms. The average Bonchev–Trinajstić information content (AvgIpc) is 3.02. The first-order chi connectivity index (χ1) is 11.8. The Morgan fingerprint density at radius 1 is 1.20 bits per heavy atom. The van der Waals surface area contributed by atoms with Crippen molar-refractivity contribution in [1.82, 2.24) is 15.0 Å². The van der Waals surface area contributed by atoms with Crippen molar-refractivity contribution in [3.05, 3.63) is 35.7 Å². The quantitative estimate of drug-likeness (QED) is 0.792. The molecule has 0 saturated carbocycles. The van der Waals surface area contributed by atoms with Gasteiger partial charge >= 0.3 is 6.09 Å². The Kier molecular flexibility index (Phi) is 7.61. The first-order valence-electron chi connectivity index (χ1n) is 8.66. The summed E-state index contributed by atoms with van der Waals surface area (Å²) in [6, 6.07) is 7.86. The Labute approximate surface area is 150 Å². The normalized spacial score (nSPS) is 10.7. The Morgan fingerprint density at radius 2 is 1.80 bits per heavy atom. The molecule has 1 amide bonds. The molecule has 1 aromatic carbocycles. The number of carbonyl (C=O) groups is 1. The maximum Gasteiger partial charge on any atom is 0.410 e. The molecule has 0 aliphatic carbocycles. The molecule has 0 fully saturated rings. The van der Waals surface area contributed by atoms with E-state index in [0.717, 1.165) is 5.56 Å². The van der Waals surface area contributed by atoms with E-state index in [4.69, 9.17) is 9.26 Å². The van der Waals surface area contributed by atoms with Gasteiger partial charge in [-0.25, -0.2) is 4.79 Å². The fourth-order valence-corrected chi connectivity index (χ4v) is 1.93. The van der Waals surface area contributed by atoms with E-state index >= 15 is 0 Å². The minimum atomic E-state index is -0.535. The van der Waals surface area contributed by atoms with E-state index in [-0.39, 0.29) is 6.54 Å². The number of aromatic nitrogens is 2. The molecule has 138 valence electrons. The molecule has 25 heavy (non-hydrogen) atoms. The largest absolute Gasteiger partial charge is 0.444 e. The second kappa shape index (κ2) is 9.20. The van der Waals surface area contributed by atoms with Crippen LogP contribution in [0.15, 0.2) is 28.8 Å². The highest BCUT2D eigenvalue weighted by atomic mass is 16.6. The maximum atomic E-state index is 12.1. The number of carbonyl (C=O) groups excluding carboxylic acids is 1. The third-order valence-corrected chi connectivity index (χ3v) is 3.14. The highest BCUT2D eigenvalue weighted by Gasteiger charge is 2.23. The molecule has 2 rings (SSSR count). The van der Waals surface area contributed by atoms with Gasteiger partial charge in [-0.15, -0.1) is 0 Å². The predicted octanol–water partition coefficient (Wildman–Crippen LogP) is 4.83. The summed E-state index contributed by atoms with van der Waals surface area (Å²) in [5.41, 5.74) is 1.51. The Hall–Kier alpha value is -2.37. The molecule has 0 spiro atoms. The number of hydrogen-bond donors (Lipinski definition) is 0. The molecule has 1 heterocycles. The topological polar surface area (TPSA) is 68.5 Å². The van der Waals surface area contributed by atoms with Gasteiger partial charge in [0.1, 0.15) is 12.1 Å². The molecule has 0 saturated heterocycles.